The lowest BCUT2D eigenvalue weighted by atomic mass is 9.95. The van der Waals surface area contributed by atoms with Gasteiger partial charge >= 0.3 is 5.97 Å². The number of carbonyl (C=O) groups is 1. The zero-order valence-corrected chi connectivity index (χ0v) is 20.1. The first-order valence-electron chi connectivity index (χ1n) is 11.2. The van der Waals surface area contributed by atoms with Gasteiger partial charge in [0.15, 0.2) is 0 Å². The Kier molecular flexibility index (Phi) is 9.04. The number of carboxylic acids is 1. The van der Waals surface area contributed by atoms with Gasteiger partial charge in [0.1, 0.15) is 5.82 Å². The lowest BCUT2D eigenvalue weighted by molar-refractivity contribution is -0.384. The maximum Gasteiger partial charge on any atom is 0.303 e. The second kappa shape index (κ2) is 12.2. The van der Waals surface area contributed by atoms with Crippen molar-refractivity contribution >= 4 is 27.3 Å². The number of nitrogens with one attached hydrogen (secondary N) is 1. The van der Waals surface area contributed by atoms with Crippen molar-refractivity contribution in [2.75, 3.05) is 6.54 Å². The number of rotatable bonds is 12. The number of carboxylic acid groups (broad SMARTS) is 1. The summed E-state index contributed by atoms with van der Waals surface area (Å²) in [7, 11) is -3.81. The number of aliphatic carboxylic acids is 1. The predicted molar refractivity (Wildman–Crippen MR) is 133 cm³/mol. The first-order chi connectivity index (χ1) is 17.2. The molecule has 3 aromatic carbocycles. The zero-order valence-electron chi connectivity index (χ0n) is 19.3. The lowest BCUT2D eigenvalue weighted by Crippen LogP contribution is -2.26. The summed E-state index contributed by atoms with van der Waals surface area (Å²) in [6.45, 7) is 0.125. The van der Waals surface area contributed by atoms with Crippen molar-refractivity contribution in [2.45, 2.75) is 30.6 Å². The number of unbranched alkanes of at least 4 members (excludes halogenated alkanes) is 1. The van der Waals surface area contributed by atoms with E-state index in [4.69, 9.17) is 5.11 Å². The van der Waals surface area contributed by atoms with Crippen LogP contribution in [-0.2, 0) is 21.2 Å². The van der Waals surface area contributed by atoms with E-state index in [9.17, 15) is 27.7 Å². The monoisotopic (exact) mass is 512 g/mol. The SMILES string of the molecule is O=C(O)CCC/C=C(\c1ccc(CCNS(=O)(=O)c2ccc([N+](=O)[O-])cc2)cc1)c1cccc(F)c1. The Balaban J connectivity index is 1.67. The van der Waals surface area contributed by atoms with Crippen LogP contribution in [0.25, 0.3) is 5.57 Å². The molecule has 0 heterocycles. The van der Waals surface area contributed by atoms with E-state index in [1.807, 2.05) is 30.3 Å². The lowest BCUT2D eigenvalue weighted by Gasteiger charge is -2.11. The smallest absolute Gasteiger partial charge is 0.303 e. The number of halogens is 1. The van der Waals surface area contributed by atoms with E-state index < -0.39 is 20.9 Å². The van der Waals surface area contributed by atoms with E-state index in [0.29, 0.717) is 24.8 Å². The molecule has 0 unspecified atom stereocenters. The summed E-state index contributed by atoms with van der Waals surface area (Å²) in [6.07, 6.45) is 3.32. The molecule has 0 spiro atoms. The van der Waals surface area contributed by atoms with Crippen LogP contribution in [0, 0.1) is 15.9 Å². The van der Waals surface area contributed by atoms with E-state index in [1.54, 1.807) is 12.1 Å². The van der Waals surface area contributed by atoms with E-state index in [0.717, 1.165) is 28.8 Å². The highest BCUT2D eigenvalue weighted by atomic mass is 32.2. The molecule has 36 heavy (non-hydrogen) atoms. The van der Waals surface area contributed by atoms with Crippen molar-refractivity contribution in [2.24, 2.45) is 0 Å². The molecule has 0 saturated heterocycles. The third-order valence-electron chi connectivity index (χ3n) is 5.41. The van der Waals surface area contributed by atoms with Crippen LogP contribution in [0.15, 0.2) is 83.8 Å². The Bertz CT molecular complexity index is 1350. The van der Waals surface area contributed by atoms with Crippen molar-refractivity contribution < 1.29 is 27.6 Å². The molecule has 10 heteroatoms. The molecule has 0 aliphatic rings. The summed E-state index contributed by atoms with van der Waals surface area (Å²) < 4.78 is 41.2. The topological polar surface area (TPSA) is 127 Å². The summed E-state index contributed by atoms with van der Waals surface area (Å²) in [5.41, 5.74) is 2.96. The fraction of sp³-hybridized carbons (Fsp3) is 0.192. The molecular weight excluding hydrogens is 487 g/mol. The minimum absolute atomic E-state index is 0.0433. The molecule has 0 fully saturated rings. The number of non-ortho nitro benzene ring substituents is 1. The van der Waals surface area contributed by atoms with Crippen molar-refractivity contribution in [1.82, 2.24) is 4.72 Å². The molecule has 0 bridgehead atoms. The molecule has 2 N–H and O–H groups in total. The summed E-state index contributed by atoms with van der Waals surface area (Å²) in [6, 6.07) is 18.2. The van der Waals surface area contributed by atoms with Gasteiger partial charge in [0.25, 0.3) is 5.69 Å². The maximum atomic E-state index is 13.8. The Morgan fingerprint density at radius 2 is 1.72 bits per heavy atom. The number of nitro benzene ring substituents is 1. The molecule has 0 saturated carbocycles. The highest BCUT2D eigenvalue weighted by Crippen LogP contribution is 2.26. The molecule has 0 amide bonds. The van der Waals surface area contributed by atoms with Gasteiger partial charge in [-0.25, -0.2) is 17.5 Å². The van der Waals surface area contributed by atoms with Crippen molar-refractivity contribution in [3.8, 4) is 0 Å². The van der Waals surface area contributed by atoms with Gasteiger partial charge in [-0.3, -0.25) is 14.9 Å². The highest BCUT2D eigenvalue weighted by molar-refractivity contribution is 7.89. The minimum Gasteiger partial charge on any atom is -0.481 e. The Labute approximate surface area is 208 Å². The van der Waals surface area contributed by atoms with Gasteiger partial charge in [0.05, 0.1) is 9.82 Å². The summed E-state index contributed by atoms with van der Waals surface area (Å²) in [4.78, 5) is 20.9. The van der Waals surface area contributed by atoms with Crippen molar-refractivity contribution in [3.05, 3.63) is 111 Å². The normalized spacial score (nSPS) is 11.9. The summed E-state index contributed by atoms with van der Waals surface area (Å²) >= 11 is 0. The van der Waals surface area contributed by atoms with Gasteiger partial charge in [0, 0.05) is 25.1 Å². The van der Waals surface area contributed by atoms with Crippen LogP contribution in [-0.4, -0.2) is 31.0 Å². The largest absolute Gasteiger partial charge is 0.481 e. The zero-order chi connectivity index (χ0) is 26.1. The van der Waals surface area contributed by atoms with Crippen LogP contribution < -0.4 is 4.72 Å². The molecule has 3 rings (SSSR count). The van der Waals surface area contributed by atoms with Crippen LogP contribution >= 0.6 is 0 Å². The van der Waals surface area contributed by atoms with Crippen LogP contribution in [0.4, 0.5) is 10.1 Å². The van der Waals surface area contributed by atoms with Gasteiger partial charge in [0.2, 0.25) is 10.0 Å². The third-order valence-corrected chi connectivity index (χ3v) is 6.88. The van der Waals surface area contributed by atoms with Crippen LogP contribution in [0.2, 0.25) is 0 Å². The van der Waals surface area contributed by atoms with Gasteiger partial charge in [-0.05, 0) is 65.8 Å². The average Bonchev–Trinajstić information content (AvgIpc) is 2.84. The van der Waals surface area contributed by atoms with Gasteiger partial charge in [-0.15, -0.1) is 0 Å². The number of nitrogens with zero attached hydrogens (tertiary/aromatic N) is 1. The Hall–Kier alpha value is -3.89. The molecule has 188 valence electrons. The van der Waals surface area contributed by atoms with Gasteiger partial charge < -0.3 is 5.11 Å². The number of hydrogen-bond donors (Lipinski definition) is 2. The number of allylic oxidation sites excluding steroid dienone is 1. The molecule has 0 atom stereocenters. The number of hydrogen-bond acceptors (Lipinski definition) is 5. The van der Waals surface area contributed by atoms with Crippen LogP contribution in [0.5, 0.6) is 0 Å². The minimum atomic E-state index is -3.81. The molecule has 0 aliphatic heterocycles. The molecular formula is C26H25FN2O6S. The molecule has 3 aromatic rings. The maximum absolute atomic E-state index is 13.8. The van der Waals surface area contributed by atoms with Crippen LogP contribution in [0.3, 0.4) is 0 Å². The number of sulfonamides is 1. The number of nitro groups is 1. The Morgan fingerprint density at radius 3 is 2.33 bits per heavy atom. The second-order valence-corrected chi connectivity index (χ2v) is 9.78. The van der Waals surface area contributed by atoms with Gasteiger partial charge in [-0.1, -0.05) is 42.5 Å². The quantitative estimate of drug-likeness (QED) is 0.201. The second-order valence-electron chi connectivity index (χ2n) is 8.01. The average molecular weight is 513 g/mol. The van der Waals surface area contributed by atoms with E-state index in [1.165, 1.54) is 24.3 Å². The molecule has 0 aromatic heterocycles. The molecule has 0 aliphatic carbocycles. The molecule has 8 nitrogen and oxygen atoms in total. The first-order valence-corrected chi connectivity index (χ1v) is 12.7. The first kappa shape index (κ1) is 26.7. The highest BCUT2D eigenvalue weighted by Gasteiger charge is 2.15. The van der Waals surface area contributed by atoms with E-state index >= 15 is 0 Å². The third kappa shape index (κ3) is 7.56. The fourth-order valence-corrected chi connectivity index (χ4v) is 4.60. The van der Waals surface area contributed by atoms with Crippen molar-refractivity contribution in [3.63, 3.8) is 0 Å². The fourth-order valence-electron chi connectivity index (χ4n) is 3.57. The summed E-state index contributed by atoms with van der Waals surface area (Å²) in [5, 5.41) is 19.6. The van der Waals surface area contributed by atoms with E-state index in [-0.39, 0.29) is 29.4 Å². The van der Waals surface area contributed by atoms with E-state index in [2.05, 4.69) is 4.72 Å². The Morgan fingerprint density at radius 1 is 1.03 bits per heavy atom. The van der Waals surface area contributed by atoms with Crippen LogP contribution in [0.1, 0.15) is 36.0 Å². The summed E-state index contributed by atoms with van der Waals surface area (Å²) in [5.74, 6) is -1.25. The van der Waals surface area contributed by atoms with Crippen molar-refractivity contribution in [1.29, 1.82) is 0 Å². The molecule has 0 radical (unpaired) electrons. The predicted octanol–water partition coefficient (Wildman–Crippen LogP) is 4.94. The number of benzene rings is 3. The van der Waals surface area contributed by atoms with Gasteiger partial charge in [-0.2, -0.15) is 0 Å². The standard InChI is InChI=1S/C26H25FN2O6S/c27-22-5-3-4-21(18-22)25(6-1-2-7-26(30)31)20-10-8-19(9-11-20)16-17-28-36(34,35)24-14-12-23(13-15-24)29(32)33/h3-6,8-15,18,28H,1-2,7,16-17H2,(H,30,31)/b25-6+.